The summed E-state index contributed by atoms with van der Waals surface area (Å²) in [6, 6.07) is 20.4. The van der Waals surface area contributed by atoms with Crippen LogP contribution in [0.25, 0.3) is 22.4 Å². The standard InChI is InChI=1S/C29H32ClN5O/c1-5-35-19(3)16-34(17-20(35)4)22-11-12-23(18(2)14-22)29(36)31-21-10-13-25(30)24(15-21)28-32-26-8-6-7-9-27(26)33-28/h6-15,19-20H,5,16-17H2,1-4H3,(H,31,36)(H,32,33)/t19-,20+. The van der Waals surface area contributed by atoms with Crippen LogP contribution in [0.2, 0.25) is 5.02 Å². The molecule has 0 radical (unpaired) electrons. The van der Waals surface area contributed by atoms with E-state index >= 15 is 0 Å². The lowest BCUT2D eigenvalue weighted by Crippen LogP contribution is -2.56. The van der Waals surface area contributed by atoms with Crippen LogP contribution in [0.15, 0.2) is 60.7 Å². The van der Waals surface area contributed by atoms with E-state index in [1.165, 1.54) is 0 Å². The second-order valence-corrected chi connectivity index (χ2v) is 10.1. The molecule has 1 fully saturated rings. The number of rotatable bonds is 5. The monoisotopic (exact) mass is 501 g/mol. The maximum absolute atomic E-state index is 13.2. The van der Waals surface area contributed by atoms with Crippen molar-refractivity contribution in [1.82, 2.24) is 14.9 Å². The molecule has 0 unspecified atom stereocenters. The first kappa shape index (κ1) is 24.3. The second-order valence-electron chi connectivity index (χ2n) is 9.68. The van der Waals surface area contributed by atoms with E-state index in [2.05, 4.69) is 58.0 Å². The summed E-state index contributed by atoms with van der Waals surface area (Å²) in [6.45, 7) is 11.8. The molecule has 4 aromatic rings. The number of anilines is 2. The Hall–Kier alpha value is -3.35. The minimum Gasteiger partial charge on any atom is -0.368 e. The van der Waals surface area contributed by atoms with E-state index in [1.54, 1.807) is 6.07 Å². The Balaban J connectivity index is 1.34. The average Bonchev–Trinajstić information content (AvgIpc) is 3.29. The number of carbonyl (C=O) groups is 1. The molecule has 0 bridgehead atoms. The van der Waals surface area contributed by atoms with Crippen LogP contribution in [0.5, 0.6) is 0 Å². The molecule has 7 heteroatoms. The van der Waals surface area contributed by atoms with Gasteiger partial charge in [0.1, 0.15) is 5.82 Å². The number of H-pyrrole nitrogens is 1. The number of aromatic amines is 1. The van der Waals surface area contributed by atoms with Crippen LogP contribution in [-0.4, -0.2) is 52.5 Å². The number of likely N-dealkylation sites (N-methyl/N-ethyl adjacent to an activating group) is 1. The highest BCUT2D eigenvalue weighted by molar-refractivity contribution is 6.33. The number of hydrogen-bond donors (Lipinski definition) is 2. The Bertz CT molecular complexity index is 1370. The normalized spacial score (nSPS) is 18.5. The van der Waals surface area contributed by atoms with Gasteiger partial charge in [0, 0.05) is 47.7 Å². The Morgan fingerprint density at radius 2 is 1.83 bits per heavy atom. The Morgan fingerprint density at radius 3 is 2.53 bits per heavy atom. The van der Waals surface area contributed by atoms with Gasteiger partial charge in [-0.3, -0.25) is 9.69 Å². The molecule has 6 nitrogen and oxygen atoms in total. The summed E-state index contributed by atoms with van der Waals surface area (Å²) in [5.41, 5.74) is 6.00. The van der Waals surface area contributed by atoms with Crippen molar-refractivity contribution in [2.24, 2.45) is 0 Å². The van der Waals surface area contributed by atoms with E-state index in [9.17, 15) is 4.79 Å². The number of piperazine rings is 1. The van der Waals surface area contributed by atoms with Crippen molar-refractivity contribution in [3.63, 3.8) is 0 Å². The van der Waals surface area contributed by atoms with Gasteiger partial charge in [0.25, 0.3) is 5.91 Å². The lowest BCUT2D eigenvalue weighted by atomic mass is 10.0. The molecule has 36 heavy (non-hydrogen) atoms. The highest BCUT2D eigenvalue weighted by Crippen LogP contribution is 2.31. The minimum absolute atomic E-state index is 0.144. The van der Waals surface area contributed by atoms with Gasteiger partial charge in [0.2, 0.25) is 0 Å². The van der Waals surface area contributed by atoms with Gasteiger partial charge >= 0.3 is 0 Å². The predicted molar refractivity (Wildman–Crippen MR) is 149 cm³/mol. The zero-order valence-corrected chi connectivity index (χ0v) is 21.9. The van der Waals surface area contributed by atoms with E-state index in [4.69, 9.17) is 11.6 Å². The summed E-state index contributed by atoms with van der Waals surface area (Å²) in [6.07, 6.45) is 0. The van der Waals surface area contributed by atoms with Crippen molar-refractivity contribution in [3.8, 4) is 11.4 Å². The maximum Gasteiger partial charge on any atom is 0.255 e. The molecule has 0 spiro atoms. The fraction of sp³-hybridized carbons (Fsp3) is 0.310. The third-order valence-corrected chi connectivity index (χ3v) is 7.48. The molecule has 2 N–H and O–H groups in total. The fourth-order valence-electron chi connectivity index (χ4n) is 5.35. The van der Waals surface area contributed by atoms with Crippen molar-refractivity contribution >= 4 is 39.9 Å². The highest BCUT2D eigenvalue weighted by Gasteiger charge is 2.28. The summed E-state index contributed by atoms with van der Waals surface area (Å²) in [5.74, 6) is 0.527. The summed E-state index contributed by atoms with van der Waals surface area (Å²) in [5, 5.41) is 3.61. The molecule has 186 valence electrons. The molecule has 0 aliphatic carbocycles. The first-order valence-corrected chi connectivity index (χ1v) is 12.9. The van der Waals surface area contributed by atoms with Crippen LogP contribution in [-0.2, 0) is 0 Å². The zero-order chi connectivity index (χ0) is 25.4. The Labute approximate surface area is 217 Å². The summed E-state index contributed by atoms with van der Waals surface area (Å²) < 4.78 is 0. The fourth-order valence-corrected chi connectivity index (χ4v) is 5.56. The topological polar surface area (TPSA) is 64.3 Å². The second kappa shape index (κ2) is 9.96. The molecule has 3 aromatic carbocycles. The summed E-state index contributed by atoms with van der Waals surface area (Å²) in [7, 11) is 0. The van der Waals surface area contributed by atoms with Crippen LogP contribution in [0.1, 0.15) is 36.7 Å². The lowest BCUT2D eigenvalue weighted by Gasteiger charge is -2.45. The van der Waals surface area contributed by atoms with Gasteiger partial charge in [-0.05, 0) is 81.4 Å². The molecular formula is C29H32ClN5O. The molecule has 1 aliphatic heterocycles. The van der Waals surface area contributed by atoms with E-state index in [-0.39, 0.29) is 5.91 Å². The number of hydrogen-bond acceptors (Lipinski definition) is 4. The van der Waals surface area contributed by atoms with Crippen LogP contribution >= 0.6 is 11.6 Å². The first-order valence-electron chi connectivity index (χ1n) is 12.5. The number of para-hydroxylation sites is 2. The number of aromatic nitrogens is 2. The van der Waals surface area contributed by atoms with Crippen molar-refractivity contribution in [2.45, 2.75) is 39.8 Å². The molecule has 1 aromatic heterocycles. The third-order valence-electron chi connectivity index (χ3n) is 7.16. The zero-order valence-electron chi connectivity index (χ0n) is 21.2. The lowest BCUT2D eigenvalue weighted by molar-refractivity contribution is 0.102. The molecule has 1 saturated heterocycles. The number of benzene rings is 3. The smallest absolute Gasteiger partial charge is 0.255 e. The van der Waals surface area contributed by atoms with Crippen LogP contribution in [0.3, 0.4) is 0 Å². The van der Waals surface area contributed by atoms with Gasteiger partial charge in [0.05, 0.1) is 16.1 Å². The average molecular weight is 502 g/mol. The first-order chi connectivity index (χ1) is 17.3. The van der Waals surface area contributed by atoms with Gasteiger partial charge in [-0.15, -0.1) is 0 Å². The molecule has 0 saturated carbocycles. The van der Waals surface area contributed by atoms with Gasteiger partial charge in [-0.1, -0.05) is 30.7 Å². The van der Waals surface area contributed by atoms with Crippen molar-refractivity contribution < 1.29 is 4.79 Å². The van der Waals surface area contributed by atoms with E-state index in [0.29, 0.717) is 34.2 Å². The number of fused-ring (bicyclic) bond motifs is 1. The Morgan fingerprint density at radius 1 is 1.08 bits per heavy atom. The minimum atomic E-state index is -0.144. The number of amides is 1. The molecule has 1 amide bonds. The Kier molecular flexibility index (Phi) is 6.73. The molecule has 2 atom stereocenters. The molecule has 5 rings (SSSR count). The number of imidazole rings is 1. The van der Waals surface area contributed by atoms with Gasteiger partial charge < -0.3 is 15.2 Å². The summed E-state index contributed by atoms with van der Waals surface area (Å²) in [4.78, 5) is 26.1. The van der Waals surface area contributed by atoms with E-state index in [1.807, 2.05) is 49.4 Å². The van der Waals surface area contributed by atoms with Gasteiger partial charge in [-0.25, -0.2) is 4.98 Å². The largest absolute Gasteiger partial charge is 0.368 e. The third kappa shape index (κ3) is 4.71. The van der Waals surface area contributed by atoms with Gasteiger partial charge in [0.15, 0.2) is 0 Å². The van der Waals surface area contributed by atoms with Crippen LogP contribution < -0.4 is 10.2 Å². The van der Waals surface area contributed by atoms with Crippen molar-refractivity contribution in [2.75, 3.05) is 29.9 Å². The predicted octanol–water partition coefficient (Wildman–Crippen LogP) is 6.36. The van der Waals surface area contributed by atoms with Gasteiger partial charge in [-0.2, -0.15) is 0 Å². The number of halogens is 1. The SMILES string of the molecule is CCN1[C@H](C)CN(c2ccc(C(=O)Nc3ccc(Cl)c(-c4nc5ccccc5[nH]4)c3)c(C)c2)C[C@@H]1C. The van der Waals surface area contributed by atoms with Crippen LogP contribution in [0.4, 0.5) is 11.4 Å². The molecule has 1 aliphatic rings. The highest BCUT2D eigenvalue weighted by atomic mass is 35.5. The van der Waals surface area contributed by atoms with Crippen molar-refractivity contribution in [3.05, 3.63) is 76.8 Å². The maximum atomic E-state index is 13.2. The van der Waals surface area contributed by atoms with E-state index in [0.717, 1.165) is 47.5 Å². The summed E-state index contributed by atoms with van der Waals surface area (Å²) >= 11 is 6.49. The quantitative estimate of drug-likeness (QED) is 0.334. The number of carbonyl (C=O) groups excluding carboxylic acids is 1. The number of aryl methyl sites for hydroxylation is 1. The molecular weight excluding hydrogens is 470 g/mol. The number of nitrogens with one attached hydrogen (secondary N) is 2. The number of nitrogens with zero attached hydrogens (tertiary/aromatic N) is 3. The van der Waals surface area contributed by atoms with Crippen molar-refractivity contribution in [1.29, 1.82) is 0 Å². The van der Waals surface area contributed by atoms with E-state index < -0.39 is 0 Å². The van der Waals surface area contributed by atoms with Crippen LogP contribution in [0, 0.1) is 6.92 Å². The molecule has 2 heterocycles.